The van der Waals surface area contributed by atoms with Crippen LogP contribution in [0, 0.1) is 0 Å². The summed E-state index contributed by atoms with van der Waals surface area (Å²) in [5.41, 5.74) is 5.36. The van der Waals surface area contributed by atoms with Crippen molar-refractivity contribution in [2.75, 3.05) is 0 Å². The Morgan fingerprint density at radius 1 is 1.33 bits per heavy atom. The van der Waals surface area contributed by atoms with E-state index in [1.54, 1.807) is 6.92 Å². The van der Waals surface area contributed by atoms with Crippen LogP contribution in [0.25, 0.3) is 0 Å². The zero-order chi connectivity index (χ0) is 11.6. The van der Waals surface area contributed by atoms with Crippen LogP contribution in [-0.2, 0) is 4.79 Å². The van der Waals surface area contributed by atoms with E-state index in [0.717, 1.165) is 0 Å². The van der Waals surface area contributed by atoms with E-state index in [1.165, 1.54) is 12.1 Å². The molecule has 0 saturated heterocycles. The fraction of sp³-hybridized carbons (Fsp3) is 0.300. The molecular formula is C10H13NO4. The number of hydrogen-bond donors (Lipinski definition) is 4. The normalized spacial score (nSPS) is 12.3. The Kier molecular flexibility index (Phi) is 3.04. The molecule has 0 heterocycles. The molecule has 0 fully saturated rings. The van der Waals surface area contributed by atoms with Crippen molar-refractivity contribution < 1.29 is 20.1 Å². The molecule has 0 aliphatic heterocycles. The summed E-state index contributed by atoms with van der Waals surface area (Å²) in [5.74, 6) is -2.82. The minimum Gasteiger partial charge on any atom is -0.504 e. The molecule has 5 heteroatoms. The number of primary amides is 1. The largest absolute Gasteiger partial charge is 0.504 e. The van der Waals surface area contributed by atoms with Gasteiger partial charge in [-0.3, -0.25) is 4.79 Å². The zero-order valence-corrected chi connectivity index (χ0v) is 8.27. The van der Waals surface area contributed by atoms with E-state index in [4.69, 9.17) is 10.8 Å². The molecule has 1 amide bonds. The van der Waals surface area contributed by atoms with Gasteiger partial charge in [0.2, 0.25) is 11.7 Å². The topological polar surface area (TPSA) is 104 Å². The van der Waals surface area contributed by atoms with Crippen molar-refractivity contribution in [2.24, 2.45) is 5.73 Å². The molecule has 0 bridgehead atoms. The molecule has 0 aliphatic rings. The van der Waals surface area contributed by atoms with Gasteiger partial charge in [0.1, 0.15) is 0 Å². The van der Waals surface area contributed by atoms with E-state index in [9.17, 15) is 15.0 Å². The number of phenols is 3. The SMILES string of the molecule is CCC(C(N)=O)c1ccc(O)c(O)c1O. The first-order chi connectivity index (χ1) is 6.99. The smallest absolute Gasteiger partial charge is 0.225 e. The Labute approximate surface area is 86.8 Å². The summed E-state index contributed by atoms with van der Waals surface area (Å²) in [4.78, 5) is 11.0. The predicted molar refractivity (Wildman–Crippen MR) is 53.7 cm³/mol. The number of carbonyl (C=O) groups is 1. The minimum atomic E-state index is -0.670. The van der Waals surface area contributed by atoms with Gasteiger partial charge >= 0.3 is 0 Å². The van der Waals surface area contributed by atoms with Crippen molar-refractivity contribution in [3.8, 4) is 17.2 Å². The third-order valence-electron chi connectivity index (χ3n) is 2.29. The van der Waals surface area contributed by atoms with E-state index in [2.05, 4.69) is 0 Å². The lowest BCUT2D eigenvalue weighted by molar-refractivity contribution is -0.119. The summed E-state index contributed by atoms with van der Waals surface area (Å²) in [7, 11) is 0. The third kappa shape index (κ3) is 1.96. The average Bonchev–Trinajstić information content (AvgIpc) is 2.18. The van der Waals surface area contributed by atoms with Gasteiger partial charge in [0.25, 0.3) is 0 Å². The fourth-order valence-corrected chi connectivity index (χ4v) is 1.44. The highest BCUT2D eigenvalue weighted by molar-refractivity contribution is 5.83. The van der Waals surface area contributed by atoms with E-state index >= 15 is 0 Å². The summed E-state index contributed by atoms with van der Waals surface area (Å²) in [6.07, 6.45) is 0.410. The van der Waals surface area contributed by atoms with Gasteiger partial charge in [-0.1, -0.05) is 13.0 Å². The quantitative estimate of drug-likeness (QED) is 0.554. The fourth-order valence-electron chi connectivity index (χ4n) is 1.44. The van der Waals surface area contributed by atoms with Gasteiger partial charge in [-0.2, -0.15) is 0 Å². The summed E-state index contributed by atoms with van der Waals surface area (Å²) in [5, 5.41) is 27.9. The molecule has 15 heavy (non-hydrogen) atoms. The molecule has 1 aromatic carbocycles. The highest BCUT2D eigenvalue weighted by Gasteiger charge is 2.22. The number of aromatic hydroxyl groups is 3. The lowest BCUT2D eigenvalue weighted by Crippen LogP contribution is -2.20. The van der Waals surface area contributed by atoms with Gasteiger partial charge in [-0.05, 0) is 12.5 Å². The van der Waals surface area contributed by atoms with E-state index in [0.29, 0.717) is 6.42 Å². The van der Waals surface area contributed by atoms with Crippen LogP contribution in [0.3, 0.4) is 0 Å². The van der Waals surface area contributed by atoms with Crippen molar-refractivity contribution in [3.05, 3.63) is 17.7 Å². The lowest BCUT2D eigenvalue weighted by atomic mass is 9.94. The predicted octanol–water partition coefficient (Wildman–Crippen LogP) is 0.782. The first kappa shape index (κ1) is 11.2. The number of amides is 1. The van der Waals surface area contributed by atoms with Gasteiger partial charge in [0, 0.05) is 5.56 Å². The highest BCUT2D eigenvalue weighted by Crippen LogP contribution is 2.40. The van der Waals surface area contributed by atoms with Crippen LogP contribution in [-0.4, -0.2) is 21.2 Å². The summed E-state index contributed by atoms with van der Waals surface area (Å²) in [6.45, 7) is 1.73. The van der Waals surface area contributed by atoms with Crippen molar-refractivity contribution in [2.45, 2.75) is 19.3 Å². The summed E-state index contributed by atoms with van der Waals surface area (Å²) < 4.78 is 0. The van der Waals surface area contributed by atoms with Crippen molar-refractivity contribution >= 4 is 5.91 Å². The second-order valence-corrected chi connectivity index (χ2v) is 3.23. The first-order valence-electron chi connectivity index (χ1n) is 4.52. The number of hydrogen-bond acceptors (Lipinski definition) is 4. The maximum absolute atomic E-state index is 11.0. The molecule has 1 aromatic rings. The monoisotopic (exact) mass is 211 g/mol. The van der Waals surface area contributed by atoms with Gasteiger partial charge < -0.3 is 21.1 Å². The zero-order valence-electron chi connectivity index (χ0n) is 8.27. The molecule has 5 nitrogen and oxygen atoms in total. The van der Waals surface area contributed by atoms with E-state index < -0.39 is 29.1 Å². The molecule has 1 rings (SSSR count). The van der Waals surface area contributed by atoms with Crippen LogP contribution in [0.2, 0.25) is 0 Å². The number of nitrogens with two attached hydrogens (primary N) is 1. The van der Waals surface area contributed by atoms with Gasteiger partial charge in [-0.15, -0.1) is 0 Å². The molecular weight excluding hydrogens is 198 g/mol. The van der Waals surface area contributed by atoms with Gasteiger partial charge in [0.15, 0.2) is 11.5 Å². The van der Waals surface area contributed by atoms with Crippen LogP contribution in [0.15, 0.2) is 12.1 Å². The average molecular weight is 211 g/mol. The molecule has 0 aliphatic carbocycles. The van der Waals surface area contributed by atoms with Crippen LogP contribution in [0.5, 0.6) is 17.2 Å². The van der Waals surface area contributed by atoms with Gasteiger partial charge in [-0.25, -0.2) is 0 Å². The Morgan fingerprint density at radius 3 is 2.40 bits per heavy atom. The molecule has 0 saturated carbocycles. The minimum absolute atomic E-state index is 0.223. The van der Waals surface area contributed by atoms with Gasteiger partial charge in [0.05, 0.1) is 5.92 Å². The maximum Gasteiger partial charge on any atom is 0.225 e. The van der Waals surface area contributed by atoms with Crippen LogP contribution < -0.4 is 5.73 Å². The Morgan fingerprint density at radius 2 is 1.93 bits per heavy atom. The molecule has 1 unspecified atom stereocenters. The maximum atomic E-state index is 11.0. The van der Waals surface area contributed by atoms with Crippen molar-refractivity contribution in [3.63, 3.8) is 0 Å². The second-order valence-electron chi connectivity index (χ2n) is 3.23. The Hall–Kier alpha value is -1.91. The lowest BCUT2D eigenvalue weighted by Gasteiger charge is -2.14. The third-order valence-corrected chi connectivity index (χ3v) is 2.29. The van der Waals surface area contributed by atoms with Crippen LogP contribution in [0.1, 0.15) is 24.8 Å². The highest BCUT2D eigenvalue weighted by atomic mass is 16.3. The van der Waals surface area contributed by atoms with Crippen molar-refractivity contribution in [1.29, 1.82) is 0 Å². The van der Waals surface area contributed by atoms with E-state index in [1.807, 2.05) is 0 Å². The number of carbonyl (C=O) groups excluding carboxylic acids is 1. The number of rotatable bonds is 3. The molecule has 0 aromatic heterocycles. The standard InChI is InChI=1S/C10H13NO4/c1-2-5(10(11)15)6-3-4-7(12)9(14)8(6)13/h3-5,12-14H,2H2,1H3,(H2,11,15). The summed E-state index contributed by atoms with van der Waals surface area (Å²) in [6, 6.07) is 2.57. The van der Waals surface area contributed by atoms with Crippen molar-refractivity contribution in [1.82, 2.24) is 0 Å². The number of benzene rings is 1. The molecule has 0 spiro atoms. The van der Waals surface area contributed by atoms with Crippen LogP contribution >= 0.6 is 0 Å². The Bertz CT molecular complexity index is 389. The van der Waals surface area contributed by atoms with E-state index in [-0.39, 0.29) is 5.56 Å². The number of phenolic OH excluding ortho intramolecular Hbond substituents is 3. The molecule has 5 N–H and O–H groups in total. The molecule has 82 valence electrons. The first-order valence-corrected chi connectivity index (χ1v) is 4.52. The Balaban J connectivity index is 3.25. The summed E-state index contributed by atoms with van der Waals surface area (Å²) >= 11 is 0. The van der Waals surface area contributed by atoms with Crippen LogP contribution in [0.4, 0.5) is 0 Å². The molecule has 1 atom stereocenters. The molecule has 0 radical (unpaired) electrons. The second kappa shape index (κ2) is 4.08.